The fourth-order valence-electron chi connectivity index (χ4n) is 3.53. The van der Waals surface area contributed by atoms with Crippen LogP contribution in [0.1, 0.15) is 25.7 Å². The number of piperidine rings is 1. The van der Waals surface area contributed by atoms with Crippen LogP contribution in [-0.4, -0.2) is 74.2 Å². The van der Waals surface area contributed by atoms with Crippen molar-refractivity contribution >= 4 is 27.5 Å². The Labute approximate surface area is 160 Å². The van der Waals surface area contributed by atoms with Gasteiger partial charge in [0.15, 0.2) is 0 Å². The van der Waals surface area contributed by atoms with E-state index < -0.39 is 10.0 Å². The number of amides is 1. The van der Waals surface area contributed by atoms with Crippen LogP contribution in [0.25, 0.3) is 0 Å². The Balaban J connectivity index is 1.48. The molecule has 2 aliphatic rings. The molecule has 6 nitrogen and oxygen atoms in total. The molecular formula is C18H26ClN3O3S. The molecule has 26 heavy (non-hydrogen) atoms. The topological polar surface area (TPSA) is 60.9 Å². The summed E-state index contributed by atoms with van der Waals surface area (Å²) in [5, 5.41) is 0.418. The number of hydrogen-bond donors (Lipinski definition) is 0. The lowest BCUT2D eigenvalue weighted by Gasteiger charge is -2.34. The first-order chi connectivity index (χ1) is 12.5. The van der Waals surface area contributed by atoms with Gasteiger partial charge in [-0.25, -0.2) is 8.42 Å². The van der Waals surface area contributed by atoms with Gasteiger partial charge < -0.3 is 9.80 Å². The molecule has 0 bridgehead atoms. The molecule has 2 aliphatic heterocycles. The number of sulfonamides is 1. The minimum atomic E-state index is -3.51. The second kappa shape index (κ2) is 8.69. The number of carbonyl (C=O) groups excluding carboxylic acids is 1. The van der Waals surface area contributed by atoms with Gasteiger partial charge in [0.1, 0.15) is 0 Å². The van der Waals surface area contributed by atoms with Crippen molar-refractivity contribution in [2.45, 2.75) is 30.6 Å². The Morgan fingerprint density at radius 3 is 2.35 bits per heavy atom. The van der Waals surface area contributed by atoms with E-state index in [0.717, 1.165) is 25.9 Å². The quantitative estimate of drug-likeness (QED) is 0.760. The molecule has 0 aromatic heterocycles. The fourth-order valence-corrected chi connectivity index (χ4v) is 5.25. The molecule has 0 radical (unpaired) electrons. The highest BCUT2D eigenvalue weighted by Crippen LogP contribution is 2.21. The Hall–Kier alpha value is -1.15. The van der Waals surface area contributed by atoms with Gasteiger partial charge in [0.25, 0.3) is 0 Å². The Kier molecular flexibility index (Phi) is 6.55. The second-order valence-electron chi connectivity index (χ2n) is 6.89. The number of rotatable bonds is 5. The van der Waals surface area contributed by atoms with Crippen LogP contribution in [0.15, 0.2) is 29.2 Å². The summed E-state index contributed by atoms with van der Waals surface area (Å²) in [5.41, 5.74) is 0. The third-order valence-corrected chi connectivity index (χ3v) is 7.25. The van der Waals surface area contributed by atoms with E-state index in [-0.39, 0.29) is 10.8 Å². The maximum absolute atomic E-state index is 12.7. The lowest BCUT2D eigenvalue weighted by atomic mass is 10.1. The zero-order chi connectivity index (χ0) is 18.6. The number of piperazine rings is 1. The molecule has 1 aromatic rings. The van der Waals surface area contributed by atoms with E-state index in [1.807, 2.05) is 4.90 Å². The summed E-state index contributed by atoms with van der Waals surface area (Å²) < 4.78 is 26.9. The van der Waals surface area contributed by atoms with Gasteiger partial charge in [-0.1, -0.05) is 17.7 Å². The number of benzene rings is 1. The molecule has 1 amide bonds. The molecule has 2 fully saturated rings. The highest BCUT2D eigenvalue weighted by Gasteiger charge is 2.29. The van der Waals surface area contributed by atoms with Crippen LogP contribution in [0.5, 0.6) is 0 Å². The largest absolute Gasteiger partial charge is 0.343 e. The van der Waals surface area contributed by atoms with Crippen LogP contribution in [0, 0.1) is 0 Å². The highest BCUT2D eigenvalue weighted by atomic mass is 35.5. The summed E-state index contributed by atoms with van der Waals surface area (Å²) in [6, 6.07) is 6.38. The number of carbonyl (C=O) groups is 1. The predicted molar refractivity (Wildman–Crippen MR) is 102 cm³/mol. The summed E-state index contributed by atoms with van der Waals surface area (Å²) in [6.07, 6.45) is 3.94. The molecule has 0 saturated carbocycles. The van der Waals surface area contributed by atoms with Gasteiger partial charge in [-0.05, 0) is 37.5 Å². The van der Waals surface area contributed by atoms with Crippen molar-refractivity contribution in [2.75, 3.05) is 45.8 Å². The normalized spacial score (nSPS) is 20.3. The zero-order valence-electron chi connectivity index (χ0n) is 14.9. The summed E-state index contributed by atoms with van der Waals surface area (Å²) in [7, 11) is -3.51. The van der Waals surface area contributed by atoms with Crippen molar-refractivity contribution in [3.8, 4) is 0 Å². The average molecular weight is 400 g/mol. The zero-order valence-corrected chi connectivity index (χ0v) is 16.5. The lowest BCUT2D eigenvalue weighted by Crippen LogP contribution is -2.49. The smallest absolute Gasteiger partial charge is 0.243 e. The maximum Gasteiger partial charge on any atom is 0.243 e. The fraction of sp³-hybridized carbons (Fsp3) is 0.611. The third-order valence-electron chi connectivity index (χ3n) is 5.12. The van der Waals surface area contributed by atoms with Crippen molar-refractivity contribution in [3.05, 3.63) is 29.3 Å². The molecule has 0 N–H and O–H groups in total. The summed E-state index contributed by atoms with van der Waals surface area (Å²) in [6.45, 7) is 4.62. The second-order valence-corrected chi connectivity index (χ2v) is 9.27. The van der Waals surface area contributed by atoms with E-state index in [1.165, 1.54) is 16.8 Å². The lowest BCUT2D eigenvalue weighted by molar-refractivity contribution is -0.132. The van der Waals surface area contributed by atoms with Gasteiger partial charge in [-0.2, -0.15) is 4.31 Å². The molecule has 1 aromatic carbocycles. The van der Waals surface area contributed by atoms with Gasteiger partial charge in [0.2, 0.25) is 15.9 Å². The van der Waals surface area contributed by atoms with Crippen molar-refractivity contribution in [1.29, 1.82) is 0 Å². The molecule has 0 unspecified atom stereocenters. The summed E-state index contributed by atoms with van der Waals surface area (Å²) in [5.74, 6) is 0.221. The van der Waals surface area contributed by atoms with E-state index in [9.17, 15) is 13.2 Å². The molecular weight excluding hydrogens is 374 g/mol. The van der Waals surface area contributed by atoms with E-state index in [4.69, 9.17) is 11.6 Å². The predicted octanol–water partition coefficient (Wildman–Crippen LogP) is 2.05. The van der Waals surface area contributed by atoms with E-state index >= 15 is 0 Å². The Morgan fingerprint density at radius 2 is 1.69 bits per heavy atom. The monoisotopic (exact) mass is 399 g/mol. The molecule has 2 saturated heterocycles. The molecule has 2 heterocycles. The number of likely N-dealkylation sites (tertiary alicyclic amines) is 1. The first kappa shape index (κ1) is 19.6. The number of halogens is 1. The highest BCUT2D eigenvalue weighted by molar-refractivity contribution is 7.89. The van der Waals surface area contributed by atoms with Crippen molar-refractivity contribution < 1.29 is 13.2 Å². The minimum absolute atomic E-state index is 0.221. The molecule has 3 rings (SSSR count). The van der Waals surface area contributed by atoms with E-state index in [2.05, 4.69) is 4.90 Å². The van der Waals surface area contributed by atoms with Crippen LogP contribution in [0.2, 0.25) is 5.02 Å². The molecule has 0 aliphatic carbocycles. The van der Waals surface area contributed by atoms with Crippen LogP contribution in [0.4, 0.5) is 0 Å². The summed E-state index contributed by atoms with van der Waals surface area (Å²) in [4.78, 5) is 16.6. The van der Waals surface area contributed by atoms with Crippen LogP contribution < -0.4 is 0 Å². The number of hydrogen-bond acceptors (Lipinski definition) is 4. The summed E-state index contributed by atoms with van der Waals surface area (Å²) >= 11 is 5.92. The maximum atomic E-state index is 12.7. The Morgan fingerprint density at radius 1 is 1.00 bits per heavy atom. The van der Waals surface area contributed by atoms with E-state index in [0.29, 0.717) is 44.2 Å². The first-order valence-corrected chi connectivity index (χ1v) is 11.0. The van der Waals surface area contributed by atoms with Gasteiger partial charge >= 0.3 is 0 Å². The van der Waals surface area contributed by atoms with Gasteiger partial charge in [-0.15, -0.1) is 0 Å². The molecule has 8 heteroatoms. The van der Waals surface area contributed by atoms with Crippen LogP contribution >= 0.6 is 11.6 Å². The van der Waals surface area contributed by atoms with Crippen molar-refractivity contribution in [1.82, 2.24) is 14.1 Å². The standard InChI is InChI=1S/C18H26ClN3O3S/c19-16-5-4-6-17(15-16)26(24,25)22-13-11-20(12-14-22)10-7-18(23)21-8-2-1-3-9-21/h4-6,15H,1-3,7-14H2. The van der Waals surface area contributed by atoms with Crippen LogP contribution in [0.3, 0.4) is 0 Å². The molecule has 0 atom stereocenters. The van der Waals surface area contributed by atoms with Crippen molar-refractivity contribution in [3.63, 3.8) is 0 Å². The van der Waals surface area contributed by atoms with E-state index in [1.54, 1.807) is 18.2 Å². The number of nitrogens with zero attached hydrogens (tertiary/aromatic N) is 3. The molecule has 144 valence electrons. The Bertz CT molecular complexity index is 727. The molecule has 0 spiro atoms. The first-order valence-electron chi connectivity index (χ1n) is 9.23. The van der Waals surface area contributed by atoms with Crippen LogP contribution in [-0.2, 0) is 14.8 Å². The average Bonchev–Trinajstić information content (AvgIpc) is 2.67. The van der Waals surface area contributed by atoms with Gasteiger partial charge in [0, 0.05) is 57.3 Å². The van der Waals surface area contributed by atoms with Gasteiger partial charge in [-0.3, -0.25) is 4.79 Å². The van der Waals surface area contributed by atoms with Crippen molar-refractivity contribution in [2.24, 2.45) is 0 Å². The van der Waals surface area contributed by atoms with Gasteiger partial charge in [0.05, 0.1) is 4.90 Å². The SMILES string of the molecule is O=C(CCN1CCN(S(=O)(=O)c2cccc(Cl)c2)CC1)N1CCCCC1. The minimum Gasteiger partial charge on any atom is -0.343 e. The third kappa shape index (κ3) is 4.76.